The lowest BCUT2D eigenvalue weighted by atomic mass is 9.95. The van der Waals surface area contributed by atoms with Crippen LogP contribution in [0.3, 0.4) is 0 Å². The second kappa shape index (κ2) is 10.2. The van der Waals surface area contributed by atoms with Crippen LogP contribution in [0.5, 0.6) is 0 Å². The Labute approximate surface area is 158 Å². The first-order valence-corrected chi connectivity index (χ1v) is 9.57. The summed E-state index contributed by atoms with van der Waals surface area (Å²) in [6, 6.07) is 0. The lowest BCUT2D eigenvalue weighted by Crippen LogP contribution is -2.38. The SMILES string of the molecule is C=C(CCNC(=O)C1OCCC1C)NC(=O)COC1CCC(Cl)C(F)C1. The molecule has 5 unspecified atom stereocenters. The predicted molar refractivity (Wildman–Crippen MR) is 96.6 cm³/mol. The molecule has 148 valence electrons. The van der Waals surface area contributed by atoms with Crippen LogP contribution < -0.4 is 10.6 Å². The van der Waals surface area contributed by atoms with Gasteiger partial charge in [0.05, 0.1) is 11.5 Å². The normalized spacial score (nSPS) is 31.4. The molecule has 6 nitrogen and oxygen atoms in total. The van der Waals surface area contributed by atoms with Gasteiger partial charge in [0, 0.05) is 31.7 Å². The molecule has 1 aliphatic heterocycles. The van der Waals surface area contributed by atoms with Gasteiger partial charge < -0.3 is 20.1 Å². The van der Waals surface area contributed by atoms with Crippen LogP contribution in [0.15, 0.2) is 12.3 Å². The Kier molecular flexibility index (Phi) is 8.31. The van der Waals surface area contributed by atoms with Crippen molar-refractivity contribution in [3.63, 3.8) is 0 Å². The second-order valence-corrected chi connectivity index (χ2v) is 7.59. The molecule has 1 saturated heterocycles. The van der Waals surface area contributed by atoms with E-state index < -0.39 is 17.7 Å². The van der Waals surface area contributed by atoms with E-state index in [9.17, 15) is 14.0 Å². The summed E-state index contributed by atoms with van der Waals surface area (Å²) in [6.07, 6.45) is 0.945. The molecule has 5 atom stereocenters. The van der Waals surface area contributed by atoms with E-state index in [4.69, 9.17) is 21.1 Å². The van der Waals surface area contributed by atoms with E-state index in [0.29, 0.717) is 38.1 Å². The van der Waals surface area contributed by atoms with E-state index in [1.807, 2.05) is 6.92 Å². The molecule has 0 aromatic carbocycles. The molecule has 0 bridgehead atoms. The first-order chi connectivity index (χ1) is 12.4. The molecule has 26 heavy (non-hydrogen) atoms. The number of ether oxygens (including phenoxy) is 2. The third kappa shape index (κ3) is 6.52. The molecular weight excluding hydrogens is 363 g/mol. The van der Waals surface area contributed by atoms with Gasteiger partial charge >= 0.3 is 0 Å². The number of halogens is 2. The van der Waals surface area contributed by atoms with Crippen molar-refractivity contribution in [2.75, 3.05) is 19.8 Å². The number of hydrogen-bond acceptors (Lipinski definition) is 4. The molecule has 0 aromatic rings. The molecule has 0 aromatic heterocycles. The zero-order valence-corrected chi connectivity index (χ0v) is 15.9. The minimum atomic E-state index is -1.09. The van der Waals surface area contributed by atoms with Crippen molar-refractivity contribution >= 4 is 23.4 Å². The summed E-state index contributed by atoms with van der Waals surface area (Å²) in [6.45, 7) is 6.59. The van der Waals surface area contributed by atoms with E-state index in [0.717, 1.165) is 6.42 Å². The summed E-state index contributed by atoms with van der Waals surface area (Å²) in [5.74, 6) is -0.251. The maximum Gasteiger partial charge on any atom is 0.250 e. The van der Waals surface area contributed by atoms with Gasteiger partial charge in [-0.25, -0.2) is 4.39 Å². The Morgan fingerprint density at radius 3 is 2.77 bits per heavy atom. The van der Waals surface area contributed by atoms with Gasteiger partial charge in [-0.3, -0.25) is 9.59 Å². The van der Waals surface area contributed by atoms with Crippen LogP contribution in [-0.4, -0.2) is 55.3 Å². The van der Waals surface area contributed by atoms with E-state index in [1.54, 1.807) is 0 Å². The Morgan fingerprint density at radius 2 is 2.12 bits per heavy atom. The Bertz CT molecular complexity index is 519. The first-order valence-electron chi connectivity index (χ1n) is 9.13. The highest BCUT2D eigenvalue weighted by Gasteiger charge is 2.31. The third-order valence-electron chi connectivity index (χ3n) is 4.78. The number of alkyl halides is 2. The van der Waals surface area contributed by atoms with Crippen LogP contribution in [0.4, 0.5) is 4.39 Å². The largest absolute Gasteiger partial charge is 0.368 e. The predicted octanol–water partition coefficient (Wildman–Crippen LogP) is 2.06. The first kappa shape index (κ1) is 21.1. The van der Waals surface area contributed by atoms with Crippen molar-refractivity contribution in [3.8, 4) is 0 Å². The summed E-state index contributed by atoms with van der Waals surface area (Å²) in [5, 5.41) is 4.96. The minimum Gasteiger partial charge on any atom is -0.368 e. The van der Waals surface area contributed by atoms with E-state index in [1.165, 1.54) is 0 Å². The van der Waals surface area contributed by atoms with Gasteiger partial charge in [-0.2, -0.15) is 0 Å². The number of amides is 2. The Morgan fingerprint density at radius 1 is 1.35 bits per heavy atom. The summed E-state index contributed by atoms with van der Waals surface area (Å²) >= 11 is 5.82. The Balaban J connectivity index is 1.57. The summed E-state index contributed by atoms with van der Waals surface area (Å²) in [7, 11) is 0. The fourth-order valence-corrected chi connectivity index (χ4v) is 3.38. The monoisotopic (exact) mass is 390 g/mol. The van der Waals surface area contributed by atoms with Gasteiger partial charge in [-0.1, -0.05) is 13.5 Å². The van der Waals surface area contributed by atoms with Crippen LogP contribution in [0.1, 0.15) is 39.0 Å². The standard InChI is InChI=1S/C18H28ClFN2O4/c1-11-6-8-25-17(11)18(24)21-7-5-12(2)22-16(23)10-26-13-3-4-14(19)15(20)9-13/h11,13-15,17H,2-10H2,1H3,(H,21,24)(H,22,23). The molecule has 2 fully saturated rings. The average Bonchev–Trinajstić information content (AvgIpc) is 3.02. The molecule has 1 saturated carbocycles. The average molecular weight is 391 g/mol. The summed E-state index contributed by atoms with van der Waals surface area (Å²) in [4.78, 5) is 23.8. The van der Waals surface area contributed by atoms with Crippen molar-refractivity contribution in [2.24, 2.45) is 5.92 Å². The minimum absolute atomic E-state index is 0.131. The van der Waals surface area contributed by atoms with Crippen molar-refractivity contribution in [3.05, 3.63) is 12.3 Å². The highest BCUT2D eigenvalue weighted by atomic mass is 35.5. The molecule has 2 aliphatic rings. The van der Waals surface area contributed by atoms with Crippen LogP contribution in [0, 0.1) is 5.92 Å². The topological polar surface area (TPSA) is 76.7 Å². The molecule has 2 N–H and O–H groups in total. The van der Waals surface area contributed by atoms with E-state index in [-0.39, 0.29) is 36.9 Å². The molecule has 0 spiro atoms. The lowest BCUT2D eigenvalue weighted by Gasteiger charge is -2.28. The highest BCUT2D eigenvalue weighted by molar-refractivity contribution is 6.21. The number of carbonyl (C=O) groups excluding carboxylic acids is 2. The van der Waals surface area contributed by atoms with Gasteiger partial charge in [0.15, 0.2) is 0 Å². The summed E-state index contributed by atoms with van der Waals surface area (Å²) < 4.78 is 24.4. The maximum absolute atomic E-state index is 13.5. The number of carbonyl (C=O) groups is 2. The van der Waals surface area contributed by atoms with Crippen molar-refractivity contribution in [1.82, 2.24) is 10.6 Å². The lowest BCUT2D eigenvalue weighted by molar-refractivity contribution is -0.131. The summed E-state index contributed by atoms with van der Waals surface area (Å²) in [5.41, 5.74) is 0.493. The van der Waals surface area contributed by atoms with Crippen LogP contribution in [0.25, 0.3) is 0 Å². The zero-order chi connectivity index (χ0) is 19.1. The number of hydrogen-bond donors (Lipinski definition) is 2. The smallest absolute Gasteiger partial charge is 0.250 e. The quantitative estimate of drug-likeness (QED) is 0.622. The van der Waals surface area contributed by atoms with Crippen LogP contribution in [0.2, 0.25) is 0 Å². The van der Waals surface area contributed by atoms with Crippen molar-refractivity contribution in [1.29, 1.82) is 0 Å². The number of rotatable bonds is 8. The molecule has 0 radical (unpaired) electrons. The van der Waals surface area contributed by atoms with E-state index in [2.05, 4.69) is 17.2 Å². The number of nitrogens with one attached hydrogen (secondary N) is 2. The molecule has 2 rings (SSSR count). The molecule has 8 heteroatoms. The van der Waals surface area contributed by atoms with Gasteiger partial charge in [0.1, 0.15) is 18.9 Å². The molecule has 1 aliphatic carbocycles. The Hall–Kier alpha value is -1.18. The molecule has 1 heterocycles. The van der Waals surface area contributed by atoms with Gasteiger partial charge in [0.2, 0.25) is 11.8 Å². The third-order valence-corrected chi connectivity index (χ3v) is 5.27. The molecule has 2 amide bonds. The van der Waals surface area contributed by atoms with Gasteiger partial charge in [0.25, 0.3) is 0 Å². The fourth-order valence-electron chi connectivity index (χ4n) is 3.15. The maximum atomic E-state index is 13.5. The van der Waals surface area contributed by atoms with Crippen LogP contribution >= 0.6 is 11.6 Å². The van der Waals surface area contributed by atoms with Gasteiger partial charge in [-0.05, 0) is 25.2 Å². The molecular formula is C18H28ClFN2O4. The highest BCUT2D eigenvalue weighted by Crippen LogP contribution is 2.27. The van der Waals surface area contributed by atoms with E-state index >= 15 is 0 Å². The van der Waals surface area contributed by atoms with Gasteiger partial charge in [-0.15, -0.1) is 11.6 Å². The zero-order valence-electron chi connectivity index (χ0n) is 15.1. The van der Waals surface area contributed by atoms with Crippen molar-refractivity contribution in [2.45, 2.75) is 62.8 Å². The second-order valence-electron chi connectivity index (χ2n) is 7.03. The fraction of sp³-hybridized carbons (Fsp3) is 0.778. The van der Waals surface area contributed by atoms with Crippen molar-refractivity contribution < 1.29 is 23.5 Å². The van der Waals surface area contributed by atoms with Crippen LogP contribution in [-0.2, 0) is 19.1 Å².